The number of rotatable bonds is 2. The van der Waals surface area contributed by atoms with E-state index in [0.717, 1.165) is 12.1 Å². The molecule has 0 aromatic carbocycles. The maximum atomic E-state index is 8.54. The molecule has 0 unspecified atom stereocenters. The third-order valence-electron chi connectivity index (χ3n) is 1.80. The fourth-order valence-electron chi connectivity index (χ4n) is 1.30. The standard InChI is InChI=1S/C5H13O3PSi.Na.H/c6-9(7)8-10-4-2-1-3-5-10;;/h6-7,10H,1-5H2;;. The molecule has 0 aromatic heterocycles. The van der Waals surface area contributed by atoms with Gasteiger partial charge in [-0.1, -0.05) is 19.3 Å². The van der Waals surface area contributed by atoms with Gasteiger partial charge >= 0.3 is 38.2 Å². The molecule has 2 N–H and O–H groups in total. The van der Waals surface area contributed by atoms with Crippen molar-refractivity contribution in [2.45, 2.75) is 31.4 Å². The molecule has 1 saturated heterocycles. The van der Waals surface area contributed by atoms with Gasteiger partial charge in [0.1, 0.15) is 0 Å². The van der Waals surface area contributed by atoms with E-state index in [9.17, 15) is 0 Å². The second-order valence-corrected chi connectivity index (χ2v) is 6.37. The van der Waals surface area contributed by atoms with Crippen LogP contribution in [0.4, 0.5) is 0 Å². The molecule has 1 heterocycles. The average molecular weight is 204 g/mol. The molecule has 0 saturated carbocycles. The maximum absolute atomic E-state index is 8.54. The molecule has 11 heavy (non-hydrogen) atoms. The summed E-state index contributed by atoms with van der Waals surface area (Å²) in [4.78, 5) is 17.1. The second kappa shape index (κ2) is 6.98. The Morgan fingerprint density at radius 1 is 1.09 bits per heavy atom. The van der Waals surface area contributed by atoms with Gasteiger partial charge in [-0.25, -0.2) is 0 Å². The van der Waals surface area contributed by atoms with Crippen LogP contribution in [0.2, 0.25) is 12.1 Å². The molecule has 62 valence electrons. The van der Waals surface area contributed by atoms with Crippen LogP contribution in [0.3, 0.4) is 0 Å². The molecule has 1 aliphatic rings. The molecule has 0 radical (unpaired) electrons. The van der Waals surface area contributed by atoms with Crippen molar-refractivity contribution < 1.29 is 14.0 Å². The predicted molar refractivity (Wildman–Crippen MR) is 50.2 cm³/mol. The van der Waals surface area contributed by atoms with Gasteiger partial charge in [0.25, 0.3) is 0 Å². The first-order valence-electron chi connectivity index (χ1n) is 3.63. The van der Waals surface area contributed by atoms with Crippen LogP contribution in [0.1, 0.15) is 19.3 Å². The summed E-state index contributed by atoms with van der Waals surface area (Å²) >= 11 is 0. The Bertz CT molecular complexity index is 99.7. The van der Waals surface area contributed by atoms with Gasteiger partial charge in [-0.2, -0.15) is 0 Å². The van der Waals surface area contributed by atoms with Crippen molar-refractivity contribution in [3.63, 3.8) is 0 Å². The van der Waals surface area contributed by atoms with Gasteiger partial charge in [-0.15, -0.1) is 0 Å². The molecule has 0 bridgehead atoms. The molecule has 6 heteroatoms. The summed E-state index contributed by atoms with van der Waals surface area (Å²) in [5.74, 6) is 0. The third kappa shape index (κ3) is 5.72. The van der Waals surface area contributed by atoms with E-state index in [0.29, 0.717) is 0 Å². The molecule has 0 atom stereocenters. The van der Waals surface area contributed by atoms with Crippen LogP contribution in [0.25, 0.3) is 0 Å². The molecule has 1 rings (SSSR count). The van der Waals surface area contributed by atoms with E-state index in [1.807, 2.05) is 0 Å². The molecule has 0 amide bonds. The quantitative estimate of drug-likeness (QED) is 0.508. The van der Waals surface area contributed by atoms with Crippen LogP contribution < -0.4 is 0 Å². The normalized spacial score (nSPS) is 19.9. The molecule has 1 aliphatic heterocycles. The van der Waals surface area contributed by atoms with Gasteiger partial charge in [-0.3, -0.25) is 0 Å². The van der Waals surface area contributed by atoms with Crippen molar-refractivity contribution in [3.05, 3.63) is 0 Å². The molecule has 3 nitrogen and oxygen atoms in total. The Hall–Kier alpha value is 1.53. The van der Waals surface area contributed by atoms with Crippen molar-refractivity contribution in [2.75, 3.05) is 0 Å². The first kappa shape index (κ1) is 12.5. The van der Waals surface area contributed by atoms with Gasteiger partial charge in [0.15, 0.2) is 9.04 Å². The van der Waals surface area contributed by atoms with Crippen LogP contribution in [0.15, 0.2) is 0 Å². The predicted octanol–water partition coefficient (Wildman–Crippen LogP) is 0.474. The van der Waals surface area contributed by atoms with Gasteiger partial charge in [-0.05, 0) is 12.1 Å². The van der Waals surface area contributed by atoms with Crippen LogP contribution in [0.5, 0.6) is 0 Å². The summed E-state index contributed by atoms with van der Waals surface area (Å²) in [5.41, 5.74) is 0. The van der Waals surface area contributed by atoms with Crippen molar-refractivity contribution in [3.8, 4) is 0 Å². The first-order chi connectivity index (χ1) is 4.79. The third-order valence-corrected chi connectivity index (χ3v) is 5.85. The Kier molecular flexibility index (Phi) is 7.95. The molecule has 0 aliphatic carbocycles. The summed E-state index contributed by atoms with van der Waals surface area (Å²) in [5, 5.41) is 0. The van der Waals surface area contributed by atoms with Crippen LogP contribution in [-0.4, -0.2) is 48.4 Å². The van der Waals surface area contributed by atoms with Crippen LogP contribution in [0, 0.1) is 0 Å². The zero-order chi connectivity index (χ0) is 7.40. The van der Waals surface area contributed by atoms with E-state index in [2.05, 4.69) is 0 Å². The summed E-state index contributed by atoms with van der Waals surface area (Å²) in [6.07, 6.45) is 3.74. The van der Waals surface area contributed by atoms with Crippen molar-refractivity contribution in [1.82, 2.24) is 0 Å². The minimum atomic E-state index is -2.06. The van der Waals surface area contributed by atoms with Gasteiger partial charge in [0.05, 0.1) is 0 Å². The monoisotopic (exact) mass is 204 g/mol. The molecule has 0 aromatic rings. The summed E-state index contributed by atoms with van der Waals surface area (Å²) in [7, 11) is -3.22. The van der Waals surface area contributed by atoms with E-state index < -0.39 is 17.6 Å². The zero-order valence-electron chi connectivity index (χ0n) is 5.86. The Morgan fingerprint density at radius 2 is 1.64 bits per heavy atom. The van der Waals surface area contributed by atoms with Crippen LogP contribution in [-0.2, 0) is 4.21 Å². The zero-order valence-corrected chi connectivity index (χ0v) is 7.91. The van der Waals surface area contributed by atoms with Crippen molar-refractivity contribution >= 4 is 47.2 Å². The number of hydrogen-bond acceptors (Lipinski definition) is 3. The second-order valence-electron chi connectivity index (χ2n) is 2.62. The van der Waals surface area contributed by atoms with E-state index in [1.165, 1.54) is 19.3 Å². The fraction of sp³-hybridized carbons (Fsp3) is 1.00. The van der Waals surface area contributed by atoms with Crippen molar-refractivity contribution in [1.29, 1.82) is 0 Å². The number of hydrogen-bond donors (Lipinski definition) is 2. The van der Waals surface area contributed by atoms with E-state index in [1.54, 1.807) is 0 Å². The van der Waals surface area contributed by atoms with Gasteiger partial charge < -0.3 is 14.0 Å². The van der Waals surface area contributed by atoms with E-state index in [4.69, 9.17) is 14.0 Å². The minimum absolute atomic E-state index is 0. The Labute approximate surface area is 92.2 Å². The van der Waals surface area contributed by atoms with Crippen LogP contribution >= 0.6 is 8.60 Å². The fourth-order valence-corrected chi connectivity index (χ4v) is 4.99. The Balaban J connectivity index is 0.000001000. The molecule has 1 fully saturated rings. The van der Waals surface area contributed by atoms with Gasteiger partial charge in [0, 0.05) is 0 Å². The SMILES string of the molecule is OP(O)O[SiH]1CCCCC1.[NaH]. The molecular formula is C5H14NaO3PSi. The van der Waals surface area contributed by atoms with E-state index in [-0.39, 0.29) is 29.6 Å². The summed E-state index contributed by atoms with van der Waals surface area (Å²) in [6, 6.07) is 2.25. The molecular weight excluding hydrogens is 190 g/mol. The molecule has 0 spiro atoms. The summed E-state index contributed by atoms with van der Waals surface area (Å²) < 4.78 is 5.01. The van der Waals surface area contributed by atoms with Gasteiger partial charge in [0.2, 0.25) is 0 Å². The summed E-state index contributed by atoms with van der Waals surface area (Å²) in [6.45, 7) is 0. The first-order valence-corrected chi connectivity index (χ1v) is 6.90. The topological polar surface area (TPSA) is 49.7 Å². The average Bonchev–Trinajstić information content (AvgIpc) is 1.88. The Morgan fingerprint density at radius 3 is 2.09 bits per heavy atom. The van der Waals surface area contributed by atoms with E-state index >= 15 is 0 Å². The van der Waals surface area contributed by atoms with Crippen molar-refractivity contribution in [2.24, 2.45) is 0 Å².